The van der Waals surface area contributed by atoms with Crippen molar-refractivity contribution in [3.05, 3.63) is 40.9 Å². The number of hydrogen-bond acceptors (Lipinski definition) is 4. The smallest absolute Gasteiger partial charge is 0.253 e. The summed E-state index contributed by atoms with van der Waals surface area (Å²) in [6.45, 7) is 6.18. The third-order valence-electron chi connectivity index (χ3n) is 3.46. The molecule has 118 valence electrons. The van der Waals surface area contributed by atoms with Crippen molar-refractivity contribution in [2.24, 2.45) is 5.92 Å². The predicted molar refractivity (Wildman–Crippen MR) is 90.1 cm³/mol. The van der Waals surface area contributed by atoms with Crippen molar-refractivity contribution < 1.29 is 9.90 Å². The molecule has 0 spiro atoms. The molecular weight excluding hydrogens is 296 g/mol. The first-order chi connectivity index (χ1) is 10.5. The summed E-state index contributed by atoms with van der Waals surface area (Å²) < 4.78 is 0. The lowest BCUT2D eigenvalue weighted by Gasteiger charge is -2.15. The van der Waals surface area contributed by atoms with Gasteiger partial charge in [0.15, 0.2) is 0 Å². The number of rotatable bonds is 6. The Labute approximate surface area is 135 Å². The highest BCUT2D eigenvalue weighted by atomic mass is 32.1. The Morgan fingerprint density at radius 3 is 2.73 bits per heavy atom. The molecule has 1 amide bonds. The molecule has 0 saturated heterocycles. The molecule has 5 heteroatoms. The van der Waals surface area contributed by atoms with Crippen molar-refractivity contribution in [2.75, 3.05) is 6.54 Å². The summed E-state index contributed by atoms with van der Waals surface area (Å²) in [7, 11) is 0. The molecule has 0 radical (unpaired) electrons. The molecule has 0 fully saturated rings. The molecule has 2 rings (SSSR count). The van der Waals surface area contributed by atoms with E-state index in [1.807, 2.05) is 43.5 Å². The summed E-state index contributed by atoms with van der Waals surface area (Å²) in [6.07, 6.45) is 0.329. The fraction of sp³-hybridized carbons (Fsp3) is 0.412. The maximum absolute atomic E-state index is 12.2. The Bertz CT molecular complexity index is 624. The van der Waals surface area contributed by atoms with Crippen LogP contribution >= 0.6 is 11.3 Å². The molecule has 0 aliphatic heterocycles. The molecule has 4 nitrogen and oxygen atoms in total. The van der Waals surface area contributed by atoms with Gasteiger partial charge in [-0.25, -0.2) is 0 Å². The summed E-state index contributed by atoms with van der Waals surface area (Å²) in [4.78, 5) is 17.9. The average molecular weight is 318 g/mol. The number of thiophene rings is 1. The molecule has 2 heterocycles. The zero-order chi connectivity index (χ0) is 16.1. The van der Waals surface area contributed by atoms with Crippen molar-refractivity contribution in [3.63, 3.8) is 0 Å². The third-order valence-corrected chi connectivity index (χ3v) is 4.35. The largest absolute Gasteiger partial charge is 0.393 e. The molecule has 0 bridgehead atoms. The van der Waals surface area contributed by atoms with Gasteiger partial charge in [0.2, 0.25) is 0 Å². The Kier molecular flexibility index (Phi) is 5.69. The van der Waals surface area contributed by atoms with E-state index in [2.05, 4.69) is 10.3 Å². The van der Waals surface area contributed by atoms with Crippen molar-refractivity contribution >= 4 is 17.2 Å². The monoisotopic (exact) mass is 318 g/mol. The van der Waals surface area contributed by atoms with Gasteiger partial charge in [-0.2, -0.15) is 0 Å². The molecule has 2 aromatic heterocycles. The van der Waals surface area contributed by atoms with Crippen LogP contribution in [-0.4, -0.2) is 28.6 Å². The van der Waals surface area contributed by atoms with Gasteiger partial charge in [-0.3, -0.25) is 9.78 Å². The van der Waals surface area contributed by atoms with Gasteiger partial charge in [0, 0.05) is 6.54 Å². The molecule has 0 aliphatic rings. The average Bonchev–Trinajstić information content (AvgIpc) is 2.98. The van der Waals surface area contributed by atoms with E-state index in [1.54, 1.807) is 18.3 Å². The van der Waals surface area contributed by atoms with Gasteiger partial charge in [0.1, 0.15) is 0 Å². The quantitative estimate of drug-likeness (QED) is 0.859. The molecule has 2 atom stereocenters. The highest BCUT2D eigenvalue weighted by Crippen LogP contribution is 2.23. The van der Waals surface area contributed by atoms with Crippen LogP contribution in [0.2, 0.25) is 0 Å². The van der Waals surface area contributed by atoms with Crippen LogP contribution in [0.5, 0.6) is 0 Å². The minimum absolute atomic E-state index is 0.111. The van der Waals surface area contributed by atoms with E-state index < -0.39 is 0 Å². The van der Waals surface area contributed by atoms with Gasteiger partial charge in [0.25, 0.3) is 5.91 Å². The second-order valence-electron chi connectivity index (χ2n) is 5.71. The van der Waals surface area contributed by atoms with Crippen molar-refractivity contribution in [1.29, 1.82) is 0 Å². The van der Waals surface area contributed by atoms with Crippen molar-refractivity contribution in [2.45, 2.75) is 33.3 Å². The number of amides is 1. The first-order valence-electron chi connectivity index (χ1n) is 7.45. The van der Waals surface area contributed by atoms with Gasteiger partial charge in [-0.15, -0.1) is 11.3 Å². The van der Waals surface area contributed by atoms with Crippen LogP contribution in [-0.2, 0) is 0 Å². The number of aryl methyl sites for hydroxylation is 1. The lowest BCUT2D eigenvalue weighted by Crippen LogP contribution is -2.30. The molecule has 0 aliphatic carbocycles. The van der Waals surface area contributed by atoms with Gasteiger partial charge < -0.3 is 10.4 Å². The minimum Gasteiger partial charge on any atom is -0.393 e. The Morgan fingerprint density at radius 2 is 2.14 bits per heavy atom. The van der Waals surface area contributed by atoms with Crippen LogP contribution in [0.4, 0.5) is 0 Å². The summed E-state index contributed by atoms with van der Waals surface area (Å²) in [5, 5.41) is 14.3. The lowest BCUT2D eigenvalue weighted by atomic mass is 10.0. The molecule has 2 aromatic rings. The maximum atomic E-state index is 12.2. The number of aromatic nitrogens is 1. The van der Waals surface area contributed by atoms with Crippen LogP contribution in [0.3, 0.4) is 0 Å². The van der Waals surface area contributed by atoms with E-state index in [4.69, 9.17) is 0 Å². The molecule has 2 N–H and O–H groups in total. The molecule has 0 aromatic carbocycles. The second-order valence-corrected chi connectivity index (χ2v) is 6.65. The van der Waals surface area contributed by atoms with E-state index in [1.165, 1.54) is 0 Å². The zero-order valence-corrected chi connectivity index (χ0v) is 14.0. The Hall–Kier alpha value is -1.72. The molecule has 22 heavy (non-hydrogen) atoms. The predicted octanol–water partition coefficient (Wildman–Crippen LogP) is 3.26. The van der Waals surface area contributed by atoms with Crippen molar-refractivity contribution in [1.82, 2.24) is 10.3 Å². The lowest BCUT2D eigenvalue weighted by molar-refractivity contribution is 0.0938. The van der Waals surface area contributed by atoms with E-state index in [9.17, 15) is 9.90 Å². The summed E-state index contributed by atoms with van der Waals surface area (Å²) in [5.74, 6) is 0.128. The first-order valence-corrected chi connectivity index (χ1v) is 8.33. The van der Waals surface area contributed by atoms with Gasteiger partial charge in [-0.1, -0.05) is 13.0 Å². The standard InChI is InChI=1S/C17H22N2O2S/c1-11(9-12(2)20)10-18-17(21)14-6-7-15(19-13(14)3)16-5-4-8-22-16/h4-8,11-12,20H,9-10H2,1-3H3,(H,18,21). The number of carbonyl (C=O) groups is 1. The van der Waals surface area contributed by atoms with E-state index in [0.717, 1.165) is 16.3 Å². The van der Waals surface area contributed by atoms with E-state index in [0.29, 0.717) is 18.5 Å². The van der Waals surface area contributed by atoms with Gasteiger partial charge >= 0.3 is 0 Å². The SMILES string of the molecule is Cc1nc(-c2cccs2)ccc1C(=O)NCC(C)CC(C)O. The summed E-state index contributed by atoms with van der Waals surface area (Å²) in [6, 6.07) is 7.71. The van der Waals surface area contributed by atoms with Crippen LogP contribution in [0.15, 0.2) is 29.6 Å². The number of pyridine rings is 1. The number of aliphatic hydroxyl groups excluding tert-OH is 1. The summed E-state index contributed by atoms with van der Waals surface area (Å²) in [5.41, 5.74) is 2.22. The molecule has 0 saturated carbocycles. The number of hydrogen-bond donors (Lipinski definition) is 2. The minimum atomic E-state index is -0.347. The van der Waals surface area contributed by atoms with E-state index >= 15 is 0 Å². The molecular formula is C17H22N2O2S. The van der Waals surface area contributed by atoms with Gasteiger partial charge in [-0.05, 0) is 49.8 Å². The zero-order valence-electron chi connectivity index (χ0n) is 13.2. The summed E-state index contributed by atoms with van der Waals surface area (Å²) >= 11 is 1.63. The van der Waals surface area contributed by atoms with Crippen molar-refractivity contribution in [3.8, 4) is 10.6 Å². The fourth-order valence-electron chi connectivity index (χ4n) is 2.39. The van der Waals surface area contributed by atoms with Gasteiger partial charge in [0.05, 0.1) is 27.9 Å². The maximum Gasteiger partial charge on any atom is 0.253 e. The van der Waals surface area contributed by atoms with Crippen LogP contribution in [0.25, 0.3) is 10.6 Å². The number of aliphatic hydroxyl groups is 1. The van der Waals surface area contributed by atoms with Crippen LogP contribution in [0, 0.1) is 12.8 Å². The normalized spacial score (nSPS) is 13.6. The Morgan fingerprint density at radius 1 is 1.36 bits per heavy atom. The fourth-order valence-corrected chi connectivity index (χ4v) is 3.09. The second kappa shape index (κ2) is 7.51. The topological polar surface area (TPSA) is 62.2 Å². The highest BCUT2D eigenvalue weighted by molar-refractivity contribution is 7.13. The van der Waals surface area contributed by atoms with Crippen LogP contribution < -0.4 is 5.32 Å². The number of carbonyl (C=O) groups excluding carboxylic acids is 1. The highest BCUT2D eigenvalue weighted by Gasteiger charge is 2.13. The number of nitrogens with zero attached hydrogens (tertiary/aromatic N) is 1. The Balaban J connectivity index is 2.01. The van der Waals surface area contributed by atoms with Crippen LogP contribution in [0.1, 0.15) is 36.3 Å². The first kappa shape index (κ1) is 16.6. The number of nitrogens with one attached hydrogen (secondary N) is 1. The van der Waals surface area contributed by atoms with E-state index in [-0.39, 0.29) is 17.9 Å². The third kappa shape index (κ3) is 4.39. The molecule has 2 unspecified atom stereocenters.